The van der Waals surface area contributed by atoms with Crippen molar-refractivity contribution in [3.63, 3.8) is 0 Å². The molecule has 0 radical (unpaired) electrons. The fraction of sp³-hybridized carbons (Fsp3) is 0.400. The van der Waals surface area contributed by atoms with Crippen molar-refractivity contribution in [3.8, 4) is 0 Å². The first-order chi connectivity index (χ1) is 10.4. The monoisotopic (exact) mass is 322 g/mol. The highest BCUT2D eigenvalue weighted by Crippen LogP contribution is 2.49. The standard InChI is InChI=1S/C15H15ClN2O4/c16-9-3-1-2-8(6-9)4-5-15(11-7-10(11)12(19)20)13(21)17-14(22)18-15/h1-3,6,10-11H,4-5,7H2,(H,19,20)(H2,17,18,21,22)/t10-,11-,15?/m0/s1. The van der Waals surface area contributed by atoms with E-state index in [1.165, 1.54) is 0 Å². The zero-order chi connectivity index (χ0) is 15.9. The molecule has 1 heterocycles. The Morgan fingerprint density at radius 1 is 1.41 bits per heavy atom. The molecule has 1 aromatic rings. The molecular weight excluding hydrogens is 308 g/mol. The van der Waals surface area contributed by atoms with Gasteiger partial charge in [0.1, 0.15) is 5.54 Å². The molecule has 7 heteroatoms. The fourth-order valence-corrected chi connectivity index (χ4v) is 3.39. The van der Waals surface area contributed by atoms with E-state index in [2.05, 4.69) is 10.6 Å². The van der Waals surface area contributed by atoms with Gasteiger partial charge in [0.25, 0.3) is 5.91 Å². The van der Waals surface area contributed by atoms with Crippen molar-refractivity contribution >= 4 is 29.5 Å². The average Bonchev–Trinajstić information content (AvgIpc) is 3.19. The summed E-state index contributed by atoms with van der Waals surface area (Å²) in [6.45, 7) is 0. The van der Waals surface area contributed by atoms with Crippen LogP contribution in [0.15, 0.2) is 24.3 Å². The number of amides is 3. The Balaban J connectivity index is 1.80. The summed E-state index contributed by atoms with van der Waals surface area (Å²) < 4.78 is 0. The van der Waals surface area contributed by atoms with Gasteiger partial charge in [-0.2, -0.15) is 0 Å². The minimum atomic E-state index is -1.14. The minimum absolute atomic E-state index is 0.347. The van der Waals surface area contributed by atoms with Crippen molar-refractivity contribution in [2.24, 2.45) is 11.8 Å². The van der Waals surface area contributed by atoms with Gasteiger partial charge < -0.3 is 10.4 Å². The summed E-state index contributed by atoms with van der Waals surface area (Å²) in [4.78, 5) is 34.9. The minimum Gasteiger partial charge on any atom is -0.481 e. The zero-order valence-corrected chi connectivity index (χ0v) is 12.4. The first-order valence-electron chi connectivity index (χ1n) is 7.03. The van der Waals surface area contributed by atoms with Gasteiger partial charge in [-0.1, -0.05) is 23.7 Å². The summed E-state index contributed by atoms with van der Waals surface area (Å²) in [5.74, 6) is -2.31. The Bertz CT molecular complexity index is 663. The molecule has 1 aliphatic heterocycles. The third-order valence-corrected chi connectivity index (χ3v) is 4.64. The number of hydrogen-bond acceptors (Lipinski definition) is 3. The molecule has 1 saturated carbocycles. The van der Waals surface area contributed by atoms with Crippen LogP contribution in [0.3, 0.4) is 0 Å². The van der Waals surface area contributed by atoms with E-state index in [4.69, 9.17) is 16.7 Å². The van der Waals surface area contributed by atoms with Gasteiger partial charge >= 0.3 is 12.0 Å². The van der Waals surface area contributed by atoms with Gasteiger partial charge in [0, 0.05) is 10.9 Å². The molecule has 1 aromatic carbocycles. The molecule has 3 amide bonds. The predicted molar refractivity (Wildman–Crippen MR) is 78.4 cm³/mol. The van der Waals surface area contributed by atoms with Crippen molar-refractivity contribution in [1.82, 2.24) is 10.6 Å². The van der Waals surface area contributed by atoms with Gasteiger partial charge in [0.05, 0.1) is 5.92 Å². The number of carboxylic acid groups (broad SMARTS) is 1. The third kappa shape index (κ3) is 2.54. The summed E-state index contributed by atoms with van der Waals surface area (Å²) in [5, 5.41) is 14.6. The molecule has 2 aliphatic rings. The predicted octanol–water partition coefficient (Wildman–Crippen LogP) is 1.57. The highest BCUT2D eigenvalue weighted by molar-refractivity contribution is 6.30. The number of halogens is 1. The molecular formula is C15H15ClN2O4. The van der Waals surface area contributed by atoms with Gasteiger partial charge in [-0.15, -0.1) is 0 Å². The van der Waals surface area contributed by atoms with Crippen LogP contribution in [-0.2, 0) is 16.0 Å². The van der Waals surface area contributed by atoms with Crippen LogP contribution in [0.25, 0.3) is 0 Å². The lowest BCUT2D eigenvalue weighted by Gasteiger charge is -2.26. The van der Waals surface area contributed by atoms with E-state index < -0.39 is 29.4 Å². The van der Waals surface area contributed by atoms with E-state index in [0.717, 1.165) is 5.56 Å². The summed E-state index contributed by atoms with van der Waals surface area (Å²) >= 11 is 5.94. The first kappa shape index (κ1) is 14.8. The smallest absolute Gasteiger partial charge is 0.322 e. The van der Waals surface area contributed by atoms with Crippen LogP contribution in [0.1, 0.15) is 18.4 Å². The number of hydrogen-bond donors (Lipinski definition) is 3. The second-order valence-corrected chi connectivity index (χ2v) is 6.23. The number of benzene rings is 1. The molecule has 3 atom stereocenters. The molecule has 1 unspecified atom stereocenters. The Morgan fingerprint density at radius 2 is 2.18 bits per heavy atom. The largest absolute Gasteiger partial charge is 0.481 e. The molecule has 6 nitrogen and oxygen atoms in total. The molecule has 0 spiro atoms. The number of carbonyl (C=O) groups excluding carboxylic acids is 2. The molecule has 3 N–H and O–H groups in total. The van der Waals surface area contributed by atoms with E-state index in [1.54, 1.807) is 12.1 Å². The second-order valence-electron chi connectivity index (χ2n) is 5.80. The maximum Gasteiger partial charge on any atom is 0.322 e. The number of carboxylic acids is 1. The lowest BCUT2D eigenvalue weighted by molar-refractivity contribution is -0.139. The fourth-order valence-electron chi connectivity index (χ4n) is 3.17. The van der Waals surface area contributed by atoms with Crippen LogP contribution in [-0.4, -0.2) is 28.6 Å². The highest BCUT2D eigenvalue weighted by Gasteiger charge is 2.62. The van der Waals surface area contributed by atoms with Gasteiger partial charge in [-0.25, -0.2) is 4.79 Å². The summed E-state index contributed by atoms with van der Waals surface area (Å²) in [6, 6.07) is 6.69. The Kier molecular flexibility index (Phi) is 3.56. The molecule has 1 aliphatic carbocycles. The van der Waals surface area contributed by atoms with Crippen molar-refractivity contribution in [1.29, 1.82) is 0 Å². The van der Waals surface area contributed by atoms with Crippen molar-refractivity contribution < 1.29 is 19.5 Å². The molecule has 0 bridgehead atoms. The van der Waals surface area contributed by atoms with Crippen molar-refractivity contribution in [2.45, 2.75) is 24.8 Å². The van der Waals surface area contributed by atoms with E-state index in [1.807, 2.05) is 12.1 Å². The third-order valence-electron chi connectivity index (χ3n) is 4.41. The van der Waals surface area contributed by atoms with Crippen LogP contribution in [0, 0.1) is 11.8 Å². The number of nitrogens with one attached hydrogen (secondary N) is 2. The summed E-state index contributed by atoms with van der Waals surface area (Å²) in [6.07, 6.45) is 1.27. The number of urea groups is 1. The quantitative estimate of drug-likeness (QED) is 0.717. The number of imide groups is 1. The number of aliphatic carboxylic acids is 1. The SMILES string of the molecule is O=C1NC(=O)C(CCc2cccc(Cl)c2)([C@H]2C[C@@H]2C(=O)O)N1. The lowest BCUT2D eigenvalue weighted by atomic mass is 9.85. The molecule has 1 saturated heterocycles. The van der Waals surface area contributed by atoms with Crippen LogP contribution in [0.5, 0.6) is 0 Å². The summed E-state index contributed by atoms with van der Waals surface area (Å²) in [7, 11) is 0. The van der Waals surface area contributed by atoms with Crippen LogP contribution in [0.2, 0.25) is 5.02 Å². The van der Waals surface area contributed by atoms with E-state index >= 15 is 0 Å². The first-order valence-corrected chi connectivity index (χ1v) is 7.41. The second kappa shape index (κ2) is 5.28. The average molecular weight is 323 g/mol. The Morgan fingerprint density at radius 3 is 2.73 bits per heavy atom. The van der Waals surface area contributed by atoms with Crippen LogP contribution < -0.4 is 10.6 Å². The van der Waals surface area contributed by atoms with Gasteiger partial charge in [-0.05, 0) is 37.0 Å². The van der Waals surface area contributed by atoms with E-state index in [-0.39, 0.29) is 5.92 Å². The topological polar surface area (TPSA) is 95.5 Å². The number of rotatable bonds is 5. The maximum atomic E-state index is 12.2. The Hall–Kier alpha value is -2.08. The zero-order valence-electron chi connectivity index (χ0n) is 11.6. The number of carbonyl (C=O) groups is 3. The van der Waals surface area contributed by atoms with E-state index in [9.17, 15) is 14.4 Å². The normalized spacial score (nSPS) is 29.9. The lowest BCUT2D eigenvalue weighted by Crippen LogP contribution is -2.50. The van der Waals surface area contributed by atoms with Gasteiger partial charge in [0.15, 0.2) is 0 Å². The van der Waals surface area contributed by atoms with Crippen LogP contribution in [0.4, 0.5) is 4.79 Å². The van der Waals surface area contributed by atoms with Gasteiger partial charge in [0.2, 0.25) is 0 Å². The Labute approximate surface area is 131 Å². The van der Waals surface area contributed by atoms with E-state index in [0.29, 0.717) is 24.3 Å². The van der Waals surface area contributed by atoms with Crippen LogP contribution >= 0.6 is 11.6 Å². The van der Waals surface area contributed by atoms with Crippen molar-refractivity contribution in [3.05, 3.63) is 34.9 Å². The summed E-state index contributed by atoms with van der Waals surface area (Å²) in [5.41, 5.74) is -0.198. The van der Waals surface area contributed by atoms with Gasteiger partial charge in [-0.3, -0.25) is 14.9 Å². The van der Waals surface area contributed by atoms with Crippen molar-refractivity contribution in [2.75, 3.05) is 0 Å². The molecule has 0 aromatic heterocycles. The molecule has 22 heavy (non-hydrogen) atoms. The number of aryl methyl sites for hydroxylation is 1. The maximum absolute atomic E-state index is 12.2. The molecule has 3 rings (SSSR count). The highest BCUT2D eigenvalue weighted by atomic mass is 35.5. The molecule has 116 valence electrons. The molecule has 2 fully saturated rings.